The summed E-state index contributed by atoms with van der Waals surface area (Å²) < 4.78 is 0. The van der Waals surface area contributed by atoms with E-state index in [0.29, 0.717) is 18.1 Å². The molecular weight excluding hydrogens is 250 g/mol. The predicted octanol–water partition coefficient (Wildman–Crippen LogP) is 2.43. The number of amides is 1. The van der Waals surface area contributed by atoms with Gasteiger partial charge in [-0.25, -0.2) is 4.79 Å². The van der Waals surface area contributed by atoms with Gasteiger partial charge in [-0.05, 0) is 17.8 Å². The van der Waals surface area contributed by atoms with E-state index in [0.717, 1.165) is 6.42 Å². The lowest BCUT2D eigenvalue weighted by Gasteiger charge is -2.26. The zero-order valence-electron chi connectivity index (χ0n) is 11.6. The Balaban J connectivity index is 2.52. The number of thioether (sulfide) groups is 1. The third kappa shape index (κ3) is 4.52. The summed E-state index contributed by atoms with van der Waals surface area (Å²) >= 11 is 1.51. The summed E-state index contributed by atoms with van der Waals surface area (Å²) in [5, 5.41) is 9.05. The first kappa shape index (κ1) is 15.3. The van der Waals surface area contributed by atoms with Crippen molar-refractivity contribution in [2.24, 2.45) is 11.3 Å². The van der Waals surface area contributed by atoms with Crippen LogP contribution in [0.3, 0.4) is 0 Å². The van der Waals surface area contributed by atoms with Gasteiger partial charge >= 0.3 is 5.97 Å². The zero-order valence-corrected chi connectivity index (χ0v) is 12.4. The fourth-order valence-corrected chi connectivity index (χ4v) is 3.60. The highest BCUT2D eigenvalue weighted by molar-refractivity contribution is 7.99. The molecule has 0 radical (unpaired) electrons. The number of hydrogen-bond donors (Lipinski definition) is 1. The van der Waals surface area contributed by atoms with E-state index < -0.39 is 12.0 Å². The van der Waals surface area contributed by atoms with Gasteiger partial charge in [0.25, 0.3) is 0 Å². The Labute approximate surface area is 113 Å². The summed E-state index contributed by atoms with van der Waals surface area (Å²) in [5.74, 6) is 0.394. The summed E-state index contributed by atoms with van der Waals surface area (Å²) in [5.41, 5.74) is 0.200. The molecule has 2 atom stereocenters. The highest BCUT2D eigenvalue weighted by Crippen LogP contribution is 2.28. The van der Waals surface area contributed by atoms with Crippen molar-refractivity contribution >= 4 is 23.6 Å². The van der Waals surface area contributed by atoms with Crippen LogP contribution in [0.2, 0.25) is 0 Å². The van der Waals surface area contributed by atoms with Gasteiger partial charge in [-0.2, -0.15) is 0 Å². The molecule has 0 spiro atoms. The first-order chi connectivity index (χ1) is 8.20. The molecule has 1 amide bonds. The average molecular weight is 273 g/mol. The van der Waals surface area contributed by atoms with E-state index in [9.17, 15) is 9.59 Å². The second-order valence-electron chi connectivity index (χ2n) is 6.29. The molecule has 1 fully saturated rings. The van der Waals surface area contributed by atoms with E-state index in [1.54, 1.807) is 0 Å². The van der Waals surface area contributed by atoms with Crippen molar-refractivity contribution in [2.45, 2.75) is 46.6 Å². The van der Waals surface area contributed by atoms with Gasteiger partial charge in [0.2, 0.25) is 5.91 Å². The molecule has 1 heterocycles. The molecule has 5 heteroatoms. The Morgan fingerprint density at radius 1 is 1.44 bits per heavy atom. The Bertz CT molecular complexity index is 325. The number of carboxylic acid groups (broad SMARTS) is 1. The standard InChI is InChI=1S/C13H23NO3S/c1-9(6-13(2,3)4)5-11(15)14-8-18-7-10(14)12(16)17/h9-10H,5-8H2,1-4H3,(H,16,17)/t9?,10-/m0/s1. The summed E-state index contributed by atoms with van der Waals surface area (Å²) in [6.07, 6.45) is 1.42. The second-order valence-corrected chi connectivity index (χ2v) is 7.29. The molecule has 1 saturated heterocycles. The Morgan fingerprint density at radius 2 is 2.06 bits per heavy atom. The molecule has 1 rings (SSSR count). The lowest BCUT2D eigenvalue weighted by molar-refractivity contribution is -0.148. The van der Waals surface area contributed by atoms with Crippen LogP contribution in [0.5, 0.6) is 0 Å². The Hall–Kier alpha value is -0.710. The van der Waals surface area contributed by atoms with Crippen LogP contribution >= 0.6 is 11.8 Å². The van der Waals surface area contributed by atoms with Crippen molar-refractivity contribution in [3.05, 3.63) is 0 Å². The normalized spacial score (nSPS) is 22.0. The van der Waals surface area contributed by atoms with Crippen LogP contribution in [0.15, 0.2) is 0 Å². The number of hydrogen-bond acceptors (Lipinski definition) is 3. The monoisotopic (exact) mass is 273 g/mol. The molecule has 0 aromatic heterocycles. The smallest absolute Gasteiger partial charge is 0.327 e. The number of carboxylic acids is 1. The van der Waals surface area contributed by atoms with Crippen LogP contribution in [0.4, 0.5) is 0 Å². The quantitative estimate of drug-likeness (QED) is 0.854. The van der Waals surface area contributed by atoms with Gasteiger partial charge in [-0.1, -0.05) is 27.7 Å². The maximum atomic E-state index is 12.1. The number of carbonyl (C=O) groups excluding carboxylic acids is 1. The van der Waals surface area contributed by atoms with Crippen molar-refractivity contribution < 1.29 is 14.7 Å². The molecule has 0 saturated carbocycles. The largest absolute Gasteiger partial charge is 0.480 e. The van der Waals surface area contributed by atoms with Crippen molar-refractivity contribution in [3.8, 4) is 0 Å². The van der Waals surface area contributed by atoms with Crippen molar-refractivity contribution in [1.29, 1.82) is 0 Å². The lowest BCUT2D eigenvalue weighted by Crippen LogP contribution is -2.42. The second kappa shape index (κ2) is 5.95. The molecule has 0 bridgehead atoms. The molecule has 1 N–H and O–H groups in total. The van der Waals surface area contributed by atoms with Crippen molar-refractivity contribution in [2.75, 3.05) is 11.6 Å². The summed E-state index contributed by atoms with van der Waals surface area (Å²) in [6, 6.07) is -0.635. The average Bonchev–Trinajstić information content (AvgIpc) is 2.61. The Kier molecular flexibility index (Phi) is 5.08. The third-order valence-corrected chi connectivity index (χ3v) is 3.98. The first-order valence-corrected chi connectivity index (χ1v) is 7.46. The minimum Gasteiger partial charge on any atom is -0.480 e. The lowest BCUT2D eigenvalue weighted by atomic mass is 9.84. The minimum atomic E-state index is -0.892. The maximum Gasteiger partial charge on any atom is 0.327 e. The predicted molar refractivity (Wildman–Crippen MR) is 73.4 cm³/mol. The van der Waals surface area contributed by atoms with Gasteiger partial charge in [0.05, 0.1) is 5.88 Å². The zero-order chi connectivity index (χ0) is 13.9. The highest BCUT2D eigenvalue weighted by atomic mass is 32.2. The molecule has 0 aromatic carbocycles. The first-order valence-electron chi connectivity index (χ1n) is 6.31. The molecule has 18 heavy (non-hydrogen) atoms. The molecule has 0 aliphatic carbocycles. The van der Waals surface area contributed by atoms with Gasteiger partial charge in [-0.3, -0.25) is 4.79 Å². The van der Waals surface area contributed by atoms with Crippen molar-refractivity contribution in [3.63, 3.8) is 0 Å². The minimum absolute atomic E-state index is 0.0239. The number of aliphatic carboxylic acids is 1. The van der Waals surface area contributed by atoms with Crippen LogP contribution < -0.4 is 0 Å². The SMILES string of the molecule is CC(CC(=O)N1CSC[C@H]1C(=O)O)CC(C)(C)C. The number of carbonyl (C=O) groups is 2. The summed E-state index contributed by atoms with van der Waals surface area (Å²) in [4.78, 5) is 24.6. The number of nitrogens with zero attached hydrogens (tertiary/aromatic N) is 1. The van der Waals surface area contributed by atoms with Crippen LogP contribution in [-0.2, 0) is 9.59 Å². The third-order valence-electron chi connectivity index (χ3n) is 2.97. The molecular formula is C13H23NO3S. The van der Waals surface area contributed by atoms with Gasteiger partial charge in [0.1, 0.15) is 6.04 Å². The van der Waals surface area contributed by atoms with E-state index in [1.807, 2.05) is 0 Å². The fraction of sp³-hybridized carbons (Fsp3) is 0.846. The molecule has 0 aromatic rings. The van der Waals surface area contributed by atoms with Gasteiger partial charge in [0, 0.05) is 12.2 Å². The van der Waals surface area contributed by atoms with Crippen LogP contribution in [0, 0.1) is 11.3 Å². The molecule has 1 aliphatic rings. The molecule has 1 aliphatic heterocycles. The van der Waals surface area contributed by atoms with Crippen LogP contribution in [0.1, 0.15) is 40.5 Å². The van der Waals surface area contributed by atoms with E-state index >= 15 is 0 Å². The van der Waals surface area contributed by atoms with E-state index in [4.69, 9.17) is 5.11 Å². The Morgan fingerprint density at radius 3 is 2.56 bits per heavy atom. The van der Waals surface area contributed by atoms with E-state index in [1.165, 1.54) is 16.7 Å². The number of rotatable bonds is 4. The molecule has 4 nitrogen and oxygen atoms in total. The van der Waals surface area contributed by atoms with Crippen LogP contribution in [-0.4, -0.2) is 39.6 Å². The molecule has 104 valence electrons. The van der Waals surface area contributed by atoms with Gasteiger partial charge in [0.15, 0.2) is 0 Å². The highest BCUT2D eigenvalue weighted by Gasteiger charge is 2.34. The van der Waals surface area contributed by atoms with E-state index in [2.05, 4.69) is 27.7 Å². The van der Waals surface area contributed by atoms with Gasteiger partial charge < -0.3 is 10.0 Å². The molecule has 1 unspecified atom stereocenters. The van der Waals surface area contributed by atoms with Gasteiger partial charge in [-0.15, -0.1) is 11.8 Å². The van der Waals surface area contributed by atoms with E-state index in [-0.39, 0.29) is 17.2 Å². The van der Waals surface area contributed by atoms with Crippen molar-refractivity contribution in [1.82, 2.24) is 4.90 Å². The maximum absolute atomic E-state index is 12.1. The summed E-state index contributed by atoms with van der Waals surface area (Å²) in [6.45, 7) is 8.52. The summed E-state index contributed by atoms with van der Waals surface area (Å²) in [7, 11) is 0. The fourth-order valence-electron chi connectivity index (χ4n) is 2.43. The van der Waals surface area contributed by atoms with Crippen LogP contribution in [0.25, 0.3) is 0 Å². The topological polar surface area (TPSA) is 57.6 Å².